The molecule has 0 fully saturated rings. The Bertz CT molecular complexity index is 433. The van der Waals surface area contributed by atoms with Crippen LogP contribution in [-0.2, 0) is 0 Å². The number of hydrogen-bond acceptors (Lipinski definition) is 4. The number of benzene rings is 1. The third kappa shape index (κ3) is 4.79. The fraction of sp³-hybridized carbons (Fsp3) is 0.500. The lowest BCUT2D eigenvalue weighted by molar-refractivity contribution is 0.0947. The lowest BCUT2D eigenvalue weighted by atomic mass is 10.1. The van der Waals surface area contributed by atoms with Crippen molar-refractivity contribution < 1.29 is 9.53 Å². The van der Waals surface area contributed by atoms with Crippen LogP contribution in [0.25, 0.3) is 0 Å². The number of nitrogens with one attached hydrogen (secondary N) is 1. The Morgan fingerprint density at radius 2 is 2.11 bits per heavy atom. The number of ether oxygens (including phenoxy) is 1. The summed E-state index contributed by atoms with van der Waals surface area (Å²) in [6, 6.07) is 5.47. The van der Waals surface area contributed by atoms with E-state index in [-0.39, 0.29) is 5.91 Å². The summed E-state index contributed by atoms with van der Waals surface area (Å²) in [4.78, 5) is 14.1. The van der Waals surface area contributed by atoms with Crippen LogP contribution in [0, 0.1) is 0 Å². The zero-order chi connectivity index (χ0) is 14.4. The molecule has 0 unspecified atom stereocenters. The Morgan fingerprint density at radius 3 is 2.68 bits per heavy atom. The van der Waals surface area contributed by atoms with E-state index in [1.54, 1.807) is 25.3 Å². The Balaban J connectivity index is 2.56. The SMILES string of the molecule is COc1cc(N)cc(C(=O)NCCN(C)C(C)C)c1. The van der Waals surface area contributed by atoms with Gasteiger partial charge in [-0.2, -0.15) is 0 Å². The van der Waals surface area contributed by atoms with Crippen molar-refractivity contribution in [2.24, 2.45) is 0 Å². The van der Waals surface area contributed by atoms with Gasteiger partial charge < -0.3 is 20.7 Å². The summed E-state index contributed by atoms with van der Waals surface area (Å²) in [7, 11) is 3.58. The van der Waals surface area contributed by atoms with E-state index in [9.17, 15) is 4.79 Å². The Hall–Kier alpha value is -1.75. The second kappa shape index (κ2) is 6.99. The van der Waals surface area contributed by atoms with E-state index < -0.39 is 0 Å². The van der Waals surface area contributed by atoms with Gasteiger partial charge in [0.1, 0.15) is 5.75 Å². The minimum absolute atomic E-state index is 0.136. The molecule has 5 heteroatoms. The molecule has 5 nitrogen and oxygen atoms in total. The van der Waals surface area contributed by atoms with E-state index in [1.165, 1.54) is 0 Å². The lowest BCUT2D eigenvalue weighted by Crippen LogP contribution is -2.36. The molecule has 0 spiro atoms. The second-order valence-electron chi connectivity index (χ2n) is 4.83. The molecule has 0 saturated carbocycles. The Kier molecular flexibility index (Phi) is 5.63. The number of hydrogen-bond donors (Lipinski definition) is 2. The molecular weight excluding hydrogens is 242 g/mol. The highest BCUT2D eigenvalue weighted by atomic mass is 16.5. The molecule has 0 aliphatic heterocycles. The van der Waals surface area contributed by atoms with E-state index >= 15 is 0 Å². The highest BCUT2D eigenvalue weighted by Crippen LogP contribution is 2.18. The standard InChI is InChI=1S/C14H23N3O2/c1-10(2)17(3)6-5-16-14(18)11-7-12(15)9-13(8-11)19-4/h7-10H,5-6,15H2,1-4H3,(H,16,18). The smallest absolute Gasteiger partial charge is 0.251 e. The Morgan fingerprint density at radius 1 is 1.42 bits per heavy atom. The summed E-state index contributed by atoms with van der Waals surface area (Å²) >= 11 is 0. The molecule has 1 rings (SSSR count). The first-order chi connectivity index (χ1) is 8.93. The summed E-state index contributed by atoms with van der Waals surface area (Å²) in [5.74, 6) is 0.451. The molecule has 106 valence electrons. The quantitative estimate of drug-likeness (QED) is 0.762. The summed E-state index contributed by atoms with van der Waals surface area (Å²) in [5, 5.41) is 2.87. The number of nitrogens with zero attached hydrogens (tertiary/aromatic N) is 1. The van der Waals surface area contributed by atoms with Crippen LogP contribution in [-0.4, -0.2) is 44.1 Å². The van der Waals surface area contributed by atoms with Crippen molar-refractivity contribution >= 4 is 11.6 Å². The van der Waals surface area contributed by atoms with Crippen molar-refractivity contribution in [1.29, 1.82) is 0 Å². The monoisotopic (exact) mass is 265 g/mol. The third-order valence-corrected chi connectivity index (χ3v) is 3.06. The molecular formula is C14H23N3O2. The molecule has 0 radical (unpaired) electrons. The van der Waals surface area contributed by atoms with Crippen molar-refractivity contribution in [3.8, 4) is 5.75 Å². The maximum atomic E-state index is 12.0. The van der Waals surface area contributed by atoms with Gasteiger partial charge in [0, 0.05) is 36.4 Å². The van der Waals surface area contributed by atoms with Crippen LogP contribution in [0.3, 0.4) is 0 Å². The minimum Gasteiger partial charge on any atom is -0.497 e. The third-order valence-electron chi connectivity index (χ3n) is 3.06. The number of methoxy groups -OCH3 is 1. The summed E-state index contributed by atoms with van der Waals surface area (Å²) in [6.45, 7) is 5.64. The van der Waals surface area contributed by atoms with Gasteiger partial charge >= 0.3 is 0 Å². The Labute approximate surface area is 114 Å². The first kappa shape index (κ1) is 15.3. The van der Waals surface area contributed by atoms with Crippen molar-refractivity contribution in [2.75, 3.05) is 33.0 Å². The average molecular weight is 265 g/mol. The zero-order valence-corrected chi connectivity index (χ0v) is 12.1. The van der Waals surface area contributed by atoms with Crippen molar-refractivity contribution in [2.45, 2.75) is 19.9 Å². The predicted molar refractivity (Wildman–Crippen MR) is 77.5 cm³/mol. The molecule has 0 aliphatic rings. The van der Waals surface area contributed by atoms with Gasteiger partial charge in [-0.1, -0.05) is 0 Å². The van der Waals surface area contributed by atoms with Crippen LogP contribution >= 0.6 is 0 Å². The maximum absolute atomic E-state index is 12.0. The number of nitrogens with two attached hydrogens (primary N) is 1. The predicted octanol–water partition coefficient (Wildman–Crippen LogP) is 1.35. The summed E-state index contributed by atoms with van der Waals surface area (Å²) in [6.07, 6.45) is 0. The van der Waals surface area contributed by atoms with E-state index in [1.807, 2.05) is 7.05 Å². The van der Waals surface area contributed by atoms with Crippen molar-refractivity contribution in [3.63, 3.8) is 0 Å². The highest BCUT2D eigenvalue weighted by molar-refractivity contribution is 5.95. The summed E-state index contributed by atoms with van der Waals surface area (Å²) < 4.78 is 5.09. The van der Waals surface area contributed by atoms with Gasteiger partial charge in [0.05, 0.1) is 7.11 Å². The number of nitrogen functional groups attached to an aromatic ring is 1. The normalized spacial score (nSPS) is 10.8. The molecule has 1 amide bonds. The van der Waals surface area contributed by atoms with Gasteiger partial charge in [0.15, 0.2) is 0 Å². The van der Waals surface area contributed by atoms with E-state index in [0.29, 0.717) is 29.6 Å². The molecule has 3 N–H and O–H groups in total. The largest absolute Gasteiger partial charge is 0.497 e. The van der Waals surface area contributed by atoms with Crippen LogP contribution in [0.4, 0.5) is 5.69 Å². The fourth-order valence-electron chi connectivity index (χ4n) is 1.58. The van der Waals surface area contributed by atoms with Gasteiger partial charge in [-0.3, -0.25) is 4.79 Å². The number of carbonyl (C=O) groups is 1. The van der Waals surface area contributed by atoms with Gasteiger partial charge in [0.2, 0.25) is 0 Å². The van der Waals surface area contributed by atoms with Gasteiger partial charge in [0.25, 0.3) is 5.91 Å². The number of amides is 1. The van der Waals surface area contributed by atoms with Gasteiger partial charge in [-0.05, 0) is 33.0 Å². The summed E-state index contributed by atoms with van der Waals surface area (Å²) in [5.41, 5.74) is 6.76. The molecule has 0 heterocycles. The fourth-order valence-corrected chi connectivity index (χ4v) is 1.58. The van der Waals surface area contributed by atoms with Crippen LogP contribution in [0.2, 0.25) is 0 Å². The van der Waals surface area contributed by atoms with E-state index in [0.717, 1.165) is 6.54 Å². The van der Waals surface area contributed by atoms with E-state index in [4.69, 9.17) is 10.5 Å². The number of carbonyl (C=O) groups excluding carboxylic acids is 1. The molecule has 0 aromatic heterocycles. The molecule has 0 atom stereocenters. The van der Waals surface area contributed by atoms with E-state index in [2.05, 4.69) is 24.1 Å². The first-order valence-electron chi connectivity index (χ1n) is 6.37. The molecule has 19 heavy (non-hydrogen) atoms. The molecule has 0 bridgehead atoms. The maximum Gasteiger partial charge on any atom is 0.251 e. The van der Waals surface area contributed by atoms with Crippen LogP contribution in [0.15, 0.2) is 18.2 Å². The van der Waals surface area contributed by atoms with Crippen molar-refractivity contribution in [3.05, 3.63) is 23.8 Å². The van der Waals surface area contributed by atoms with Crippen molar-refractivity contribution in [1.82, 2.24) is 10.2 Å². The average Bonchev–Trinajstić information content (AvgIpc) is 2.37. The highest BCUT2D eigenvalue weighted by Gasteiger charge is 2.09. The van der Waals surface area contributed by atoms with Crippen LogP contribution < -0.4 is 15.8 Å². The molecule has 1 aromatic carbocycles. The molecule has 0 saturated heterocycles. The van der Waals surface area contributed by atoms with Crippen LogP contribution in [0.1, 0.15) is 24.2 Å². The number of anilines is 1. The number of rotatable bonds is 6. The minimum atomic E-state index is -0.136. The van der Waals surface area contributed by atoms with Gasteiger partial charge in [-0.25, -0.2) is 0 Å². The van der Waals surface area contributed by atoms with Crippen LogP contribution in [0.5, 0.6) is 5.75 Å². The zero-order valence-electron chi connectivity index (χ0n) is 12.1. The lowest BCUT2D eigenvalue weighted by Gasteiger charge is -2.20. The molecule has 0 aliphatic carbocycles. The van der Waals surface area contributed by atoms with Gasteiger partial charge in [-0.15, -0.1) is 0 Å². The number of likely N-dealkylation sites (N-methyl/N-ethyl adjacent to an activating group) is 1. The topological polar surface area (TPSA) is 67.6 Å². The first-order valence-corrected chi connectivity index (χ1v) is 6.37. The second-order valence-corrected chi connectivity index (χ2v) is 4.83. The molecule has 1 aromatic rings.